The van der Waals surface area contributed by atoms with Crippen LogP contribution in [0.25, 0.3) is 0 Å². The molecule has 84 valence electrons. The van der Waals surface area contributed by atoms with Crippen LogP contribution in [-0.2, 0) is 6.42 Å². The van der Waals surface area contributed by atoms with Gasteiger partial charge in [0, 0.05) is 0 Å². The first-order chi connectivity index (χ1) is 7.20. The highest BCUT2D eigenvalue weighted by Crippen LogP contribution is 2.22. The van der Waals surface area contributed by atoms with Crippen molar-refractivity contribution < 1.29 is 10.2 Å². The quantitative estimate of drug-likeness (QED) is 0.677. The Kier molecular flexibility index (Phi) is 4.75. The average Bonchev–Trinajstić information content (AvgIpc) is 2.28. The third-order valence-electron chi connectivity index (χ3n) is 2.58. The molecule has 0 aliphatic rings. The molecule has 0 aliphatic heterocycles. The molecule has 1 aromatic carbocycles. The number of hydrogen-bond donors (Lipinski definition) is 3. The first kappa shape index (κ1) is 12.2. The van der Waals surface area contributed by atoms with E-state index in [2.05, 4.69) is 0 Å². The Labute approximate surface area is 90.5 Å². The van der Waals surface area contributed by atoms with Crippen LogP contribution in [0.1, 0.15) is 30.6 Å². The van der Waals surface area contributed by atoms with Crippen LogP contribution in [0.15, 0.2) is 24.3 Å². The number of nitrogens with two attached hydrogens (primary N) is 1. The maximum absolute atomic E-state index is 9.93. The van der Waals surface area contributed by atoms with Gasteiger partial charge in [0.25, 0.3) is 0 Å². The van der Waals surface area contributed by atoms with E-state index in [1.807, 2.05) is 31.2 Å². The summed E-state index contributed by atoms with van der Waals surface area (Å²) < 4.78 is 0. The van der Waals surface area contributed by atoms with Gasteiger partial charge in [-0.2, -0.15) is 0 Å². The van der Waals surface area contributed by atoms with Crippen molar-refractivity contribution in [1.82, 2.24) is 0 Å². The Morgan fingerprint density at radius 3 is 2.53 bits per heavy atom. The van der Waals surface area contributed by atoms with E-state index in [1.54, 1.807) is 0 Å². The predicted molar refractivity (Wildman–Crippen MR) is 60.5 cm³/mol. The molecular formula is C12H19NO2. The molecule has 0 amide bonds. The molecule has 0 aliphatic carbocycles. The second-order valence-electron chi connectivity index (χ2n) is 3.64. The van der Waals surface area contributed by atoms with E-state index in [1.165, 1.54) is 0 Å². The summed E-state index contributed by atoms with van der Waals surface area (Å²) in [6, 6.07) is 7.62. The van der Waals surface area contributed by atoms with E-state index in [0.29, 0.717) is 13.0 Å². The van der Waals surface area contributed by atoms with Crippen LogP contribution in [0.4, 0.5) is 0 Å². The Bertz CT molecular complexity index is 301. The molecule has 3 nitrogen and oxygen atoms in total. The van der Waals surface area contributed by atoms with Gasteiger partial charge in [-0.05, 0) is 30.5 Å². The molecule has 4 N–H and O–H groups in total. The maximum Gasteiger partial charge on any atom is 0.105 e. The van der Waals surface area contributed by atoms with Crippen LogP contribution in [0.5, 0.6) is 0 Å². The van der Waals surface area contributed by atoms with Crippen molar-refractivity contribution in [3.05, 3.63) is 35.4 Å². The molecular weight excluding hydrogens is 190 g/mol. The predicted octanol–water partition coefficient (Wildman–Crippen LogP) is 0.992. The first-order valence-corrected chi connectivity index (χ1v) is 5.34. The molecule has 0 bridgehead atoms. The van der Waals surface area contributed by atoms with Gasteiger partial charge in [-0.1, -0.05) is 31.2 Å². The van der Waals surface area contributed by atoms with Gasteiger partial charge in [0.15, 0.2) is 0 Å². The number of benzene rings is 1. The molecule has 0 aromatic heterocycles. The van der Waals surface area contributed by atoms with Crippen LogP contribution < -0.4 is 5.73 Å². The molecule has 1 rings (SSSR count). The van der Waals surface area contributed by atoms with Gasteiger partial charge >= 0.3 is 0 Å². The molecule has 0 spiro atoms. The summed E-state index contributed by atoms with van der Waals surface area (Å²) in [6.07, 6.45) is -0.339. The zero-order valence-electron chi connectivity index (χ0n) is 9.06. The third-order valence-corrected chi connectivity index (χ3v) is 2.58. The highest BCUT2D eigenvalue weighted by molar-refractivity contribution is 5.29. The van der Waals surface area contributed by atoms with E-state index in [9.17, 15) is 10.2 Å². The lowest BCUT2D eigenvalue weighted by Crippen LogP contribution is -2.22. The number of aliphatic hydroxyl groups excluding tert-OH is 2. The van der Waals surface area contributed by atoms with E-state index in [4.69, 9.17) is 5.73 Å². The van der Waals surface area contributed by atoms with Gasteiger partial charge in [0.1, 0.15) is 6.10 Å². The highest BCUT2D eigenvalue weighted by atomic mass is 16.3. The lowest BCUT2D eigenvalue weighted by molar-refractivity contribution is 0.0145. The van der Waals surface area contributed by atoms with Gasteiger partial charge in [0.2, 0.25) is 0 Å². The Hall–Kier alpha value is -0.900. The molecule has 0 saturated carbocycles. The van der Waals surface area contributed by atoms with Crippen LogP contribution in [0, 0.1) is 0 Å². The molecule has 0 fully saturated rings. The summed E-state index contributed by atoms with van der Waals surface area (Å²) in [5, 5.41) is 19.6. The van der Waals surface area contributed by atoms with Crippen molar-refractivity contribution in [2.24, 2.45) is 5.73 Å². The van der Waals surface area contributed by atoms with E-state index in [-0.39, 0.29) is 0 Å². The number of hydrogen-bond acceptors (Lipinski definition) is 3. The summed E-state index contributed by atoms with van der Waals surface area (Å²) in [6.45, 7) is 2.41. The minimum atomic E-state index is -0.829. The molecule has 2 unspecified atom stereocenters. The Balaban J connectivity index is 2.84. The number of aryl methyl sites for hydroxylation is 1. The lowest BCUT2D eigenvalue weighted by Gasteiger charge is -2.19. The van der Waals surface area contributed by atoms with Gasteiger partial charge in [-0.3, -0.25) is 0 Å². The van der Waals surface area contributed by atoms with E-state index < -0.39 is 12.2 Å². The van der Waals surface area contributed by atoms with Crippen molar-refractivity contribution in [2.75, 3.05) is 6.54 Å². The van der Waals surface area contributed by atoms with Crippen molar-refractivity contribution in [2.45, 2.75) is 32.0 Å². The second-order valence-corrected chi connectivity index (χ2v) is 3.64. The van der Waals surface area contributed by atoms with Crippen LogP contribution in [-0.4, -0.2) is 22.9 Å². The summed E-state index contributed by atoms with van der Waals surface area (Å²) >= 11 is 0. The van der Waals surface area contributed by atoms with E-state index in [0.717, 1.165) is 17.5 Å². The fraction of sp³-hybridized carbons (Fsp3) is 0.500. The topological polar surface area (TPSA) is 66.5 Å². The van der Waals surface area contributed by atoms with Crippen LogP contribution in [0.2, 0.25) is 0 Å². The molecule has 15 heavy (non-hydrogen) atoms. The summed E-state index contributed by atoms with van der Waals surface area (Å²) in [5.41, 5.74) is 7.22. The number of aliphatic hydroxyl groups is 2. The Morgan fingerprint density at radius 1 is 1.27 bits per heavy atom. The van der Waals surface area contributed by atoms with Crippen molar-refractivity contribution in [1.29, 1.82) is 0 Å². The smallest absolute Gasteiger partial charge is 0.105 e. The van der Waals surface area contributed by atoms with Crippen molar-refractivity contribution in [3.63, 3.8) is 0 Å². The standard InChI is InChI=1S/C12H19NO2/c1-2-9-5-3-4-6-10(9)12(15)11(14)7-8-13/h3-6,11-12,14-15H,2,7-8,13H2,1H3. The molecule has 1 aromatic rings. The van der Waals surface area contributed by atoms with Gasteiger partial charge in [0.05, 0.1) is 6.10 Å². The summed E-state index contributed by atoms with van der Waals surface area (Å²) in [7, 11) is 0. The molecule has 3 heteroatoms. The summed E-state index contributed by atoms with van der Waals surface area (Å²) in [4.78, 5) is 0. The Morgan fingerprint density at radius 2 is 1.93 bits per heavy atom. The average molecular weight is 209 g/mol. The normalized spacial score (nSPS) is 14.9. The van der Waals surface area contributed by atoms with Crippen LogP contribution >= 0.6 is 0 Å². The largest absolute Gasteiger partial charge is 0.390 e. The minimum absolute atomic E-state index is 0.381. The maximum atomic E-state index is 9.93. The summed E-state index contributed by atoms with van der Waals surface area (Å²) in [5.74, 6) is 0. The van der Waals surface area contributed by atoms with Gasteiger partial charge in [-0.15, -0.1) is 0 Å². The lowest BCUT2D eigenvalue weighted by atomic mass is 9.96. The fourth-order valence-electron chi connectivity index (χ4n) is 1.68. The van der Waals surface area contributed by atoms with Gasteiger partial charge < -0.3 is 15.9 Å². The van der Waals surface area contributed by atoms with Crippen molar-refractivity contribution in [3.8, 4) is 0 Å². The minimum Gasteiger partial charge on any atom is -0.390 e. The second kappa shape index (κ2) is 5.85. The highest BCUT2D eigenvalue weighted by Gasteiger charge is 2.19. The zero-order chi connectivity index (χ0) is 11.3. The molecule has 0 heterocycles. The van der Waals surface area contributed by atoms with Crippen molar-refractivity contribution >= 4 is 0 Å². The third kappa shape index (κ3) is 3.02. The van der Waals surface area contributed by atoms with Gasteiger partial charge in [-0.25, -0.2) is 0 Å². The molecule has 2 atom stereocenters. The molecule has 0 saturated heterocycles. The first-order valence-electron chi connectivity index (χ1n) is 5.34. The fourth-order valence-corrected chi connectivity index (χ4v) is 1.68. The van der Waals surface area contributed by atoms with E-state index >= 15 is 0 Å². The zero-order valence-corrected chi connectivity index (χ0v) is 9.06. The molecule has 0 radical (unpaired) electrons. The monoisotopic (exact) mass is 209 g/mol. The van der Waals surface area contributed by atoms with Crippen LogP contribution in [0.3, 0.4) is 0 Å². The number of rotatable bonds is 5. The SMILES string of the molecule is CCc1ccccc1C(O)C(O)CCN.